The molecule has 0 bridgehead atoms. The van der Waals surface area contributed by atoms with Crippen LogP contribution in [0.15, 0.2) is 24.3 Å². The number of rotatable bonds is 4. The van der Waals surface area contributed by atoms with E-state index in [1.807, 2.05) is 23.9 Å². The summed E-state index contributed by atoms with van der Waals surface area (Å²) >= 11 is 2.00. The molecule has 2 N–H and O–H groups in total. The molecule has 1 aliphatic rings. The first-order valence-electron chi connectivity index (χ1n) is 7.82. The minimum absolute atomic E-state index is 0.0225. The standard InChI is InChI=1S/C17H27FN2S/c1-4-15(19)16(13-7-5-6-8-14(13)18)20-10-9-17(2,3)21-12-11-20/h5-8,15-16H,4,9-12,19H2,1-3H3. The third-order valence-corrected chi connectivity index (χ3v) is 5.74. The fourth-order valence-electron chi connectivity index (χ4n) is 2.95. The molecule has 4 heteroatoms. The van der Waals surface area contributed by atoms with Gasteiger partial charge >= 0.3 is 0 Å². The second-order valence-electron chi connectivity index (χ2n) is 6.43. The average Bonchev–Trinajstić information content (AvgIpc) is 2.62. The van der Waals surface area contributed by atoms with Gasteiger partial charge in [0.05, 0.1) is 6.04 Å². The SMILES string of the molecule is CCC(N)C(c1ccccc1F)N1CCSC(C)(C)CC1. The minimum Gasteiger partial charge on any atom is -0.326 e. The monoisotopic (exact) mass is 310 g/mol. The third-order valence-electron chi connectivity index (χ3n) is 4.37. The van der Waals surface area contributed by atoms with Gasteiger partial charge in [0.2, 0.25) is 0 Å². The molecule has 1 fully saturated rings. The van der Waals surface area contributed by atoms with Gasteiger partial charge in [0.25, 0.3) is 0 Å². The second-order valence-corrected chi connectivity index (χ2v) is 8.23. The number of halogens is 1. The van der Waals surface area contributed by atoms with Crippen molar-refractivity contribution in [3.63, 3.8) is 0 Å². The van der Waals surface area contributed by atoms with Crippen LogP contribution in [-0.4, -0.2) is 34.5 Å². The summed E-state index contributed by atoms with van der Waals surface area (Å²) in [6, 6.07) is 7.03. The predicted octanol–water partition coefficient (Wildman–Crippen LogP) is 3.82. The highest BCUT2D eigenvalue weighted by molar-refractivity contribution is 8.00. The van der Waals surface area contributed by atoms with Gasteiger partial charge in [-0.15, -0.1) is 0 Å². The average molecular weight is 310 g/mol. The highest BCUT2D eigenvalue weighted by Crippen LogP contribution is 2.35. The Morgan fingerprint density at radius 3 is 2.71 bits per heavy atom. The molecule has 0 spiro atoms. The molecule has 2 unspecified atom stereocenters. The summed E-state index contributed by atoms with van der Waals surface area (Å²) in [6.45, 7) is 8.61. The summed E-state index contributed by atoms with van der Waals surface area (Å²) in [4.78, 5) is 2.38. The zero-order valence-corrected chi connectivity index (χ0v) is 14.1. The van der Waals surface area contributed by atoms with Gasteiger partial charge in [0.15, 0.2) is 0 Å². The van der Waals surface area contributed by atoms with Gasteiger partial charge in [-0.05, 0) is 18.9 Å². The zero-order valence-electron chi connectivity index (χ0n) is 13.3. The van der Waals surface area contributed by atoms with Gasteiger partial charge in [0.1, 0.15) is 5.82 Å². The van der Waals surface area contributed by atoms with Crippen molar-refractivity contribution in [2.24, 2.45) is 5.73 Å². The first kappa shape index (κ1) is 16.8. The van der Waals surface area contributed by atoms with Crippen LogP contribution in [0.1, 0.15) is 45.2 Å². The Kier molecular flexibility index (Phi) is 5.69. The van der Waals surface area contributed by atoms with E-state index in [1.165, 1.54) is 0 Å². The van der Waals surface area contributed by atoms with Crippen molar-refractivity contribution in [3.05, 3.63) is 35.6 Å². The number of hydrogen-bond donors (Lipinski definition) is 1. The molecule has 2 atom stereocenters. The molecule has 1 heterocycles. The first-order valence-corrected chi connectivity index (χ1v) is 8.81. The molecule has 1 saturated heterocycles. The van der Waals surface area contributed by atoms with Crippen LogP contribution in [0.4, 0.5) is 4.39 Å². The highest BCUT2D eigenvalue weighted by Gasteiger charge is 2.31. The molecule has 1 aliphatic heterocycles. The van der Waals surface area contributed by atoms with Crippen molar-refractivity contribution >= 4 is 11.8 Å². The van der Waals surface area contributed by atoms with E-state index in [0.29, 0.717) is 4.75 Å². The van der Waals surface area contributed by atoms with Crippen LogP contribution in [0, 0.1) is 5.82 Å². The highest BCUT2D eigenvalue weighted by atomic mass is 32.2. The van der Waals surface area contributed by atoms with E-state index in [0.717, 1.165) is 37.2 Å². The molecule has 2 rings (SSSR count). The van der Waals surface area contributed by atoms with E-state index in [-0.39, 0.29) is 17.9 Å². The van der Waals surface area contributed by atoms with E-state index >= 15 is 0 Å². The second kappa shape index (κ2) is 7.12. The van der Waals surface area contributed by atoms with Crippen molar-refractivity contribution in [1.29, 1.82) is 0 Å². The van der Waals surface area contributed by atoms with Crippen LogP contribution >= 0.6 is 11.8 Å². The molecule has 118 valence electrons. The smallest absolute Gasteiger partial charge is 0.128 e. The molecule has 0 saturated carbocycles. The first-order chi connectivity index (χ1) is 9.94. The van der Waals surface area contributed by atoms with Crippen molar-refractivity contribution in [2.75, 3.05) is 18.8 Å². The quantitative estimate of drug-likeness (QED) is 0.916. The zero-order chi connectivity index (χ0) is 15.5. The molecule has 1 aromatic carbocycles. The third kappa shape index (κ3) is 4.21. The Labute approximate surface area is 132 Å². The molecule has 2 nitrogen and oxygen atoms in total. The van der Waals surface area contributed by atoms with E-state index < -0.39 is 0 Å². The lowest BCUT2D eigenvalue weighted by Crippen LogP contribution is -2.42. The summed E-state index contributed by atoms with van der Waals surface area (Å²) in [7, 11) is 0. The van der Waals surface area contributed by atoms with Gasteiger partial charge in [-0.1, -0.05) is 39.0 Å². The lowest BCUT2D eigenvalue weighted by Gasteiger charge is -2.35. The summed E-state index contributed by atoms with van der Waals surface area (Å²) in [5.74, 6) is 0.941. The number of nitrogens with two attached hydrogens (primary N) is 1. The maximum Gasteiger partial charge on any atom is 0.128 e. The maximum absolute atomic E-state index is 14.3. The van der Waals surface area contributed by atoms with Gasteiger partial charge in [0, 0.05) is 35.2 Å². The molecular weight excluding hydrogens is 283 g/mol. The van der Waals surface area contributed by atoms with E-state index in [1.54, 1.807) is 12.1 Å². The molecule has 0 radical (unpaired) electrons. The number of benzene rings is 1. The van der Waals surface area contributed by atoms with Crippen LogP contribution in [0.2, 0.25) is 0 Å². The van der Waals surface area contributed by atoms with Crippen LogP contribution in [0.3, 0.4) is 0 Å². The molecule has 1 aromatic rings. The lowest BCUT2D eigenvalue weighted by atomic mass is 9.95. The Morgan fingerprint density at radius 1 is 1.33 bits per heavy atom. The van der Waals surface area contributed by atoms with Crippen LogP contribution < -0.4 is 5.73 Å². The Balaban J connectivity index is 2.26. The van der Waals surface area contributed by atoms with Crippen molar-refractivity contribution < 1.29 is 4.39 Å². The lowest BCUT2D eigenvalue weighted by molar-refractivity contribution is 0.173. The van der Waals surface area contributed by atoms with Crippen LogP contribution in [0.25, 0.3) is 0 Å². The van der Waals surface area contributed by atoms with E-state index in [4.69, 9.17) is 5.73 Å². The molecule has 0 amide bonds. The van der Waals surface area contributed by atoms with E-state index in [9.17, 15) is 4.39 Å². The summed E-state index contributed by atoms with van der Waals surface area (Å²) < 4.78 is 14.6. The molecule has 0 aliphatic carbocycles. The summed E-state index contributed by atoms with van der Waals surface area (Å²) in [5, 5.41) is 0. The molecule has 21 heavy (non-hydrogen) atoms. The van der Waals surface area contributed by atoms with Gasteiger partial charge in [-0.3, -0.25) is 4.90 Å². The predicted molar refractivity (Wildman–Crippen MR) is 90.1 cm³/mol. The molecular formula is C17H27FN2S. The Bertz CT molecular complexity index is 464. The van der Waals surface area contributed by atoms with Gasteiger partial charge < -0.3 is 5.73 Å². The van der Waals surface area contributed by atoms with Crippen molar-refractivity contribution in [1.82, 2.24) is 4.90 Å². The largest absolute Gasteiger partial charge is 0.326 e. The minimum atomic E-state index is -0.137. The fraction of sp³-hybridized carbons (Fsp3) is 0.647. The van der Waals surface area contributed by atoms with Gasteiger partial charge in [-0.2, -0.15) is 11.8 Å². The Hall–Kier alpha value is -0.580. The topological polar surface area (TPSA) is 29.3 Å². The number of nitrogens with zero attached hydrogens (tertiary/aromatic N) is 1. The van der Waals surface area contributed by atoms with Crippen LogP contribution in [0.5, 0.6) is 0 Å². The summed E-state index contributed by atoms with van der Waals surface area (Å²) in [6.07, 6.45) is 1.96. The van der Waals surface area contributed by atoms with Crippen molar-refractivity contribution in [3.8, 4) is 0 Å². The van der Waals surface area contributed by atoms with Crippen LogP contribution in [-0.2, 0) is 0 Å². The van der Waals surface area contributed by atoms with Gasteiger partial charge in [-0.25, -0.2) is 4.39 Å². The Morgan fingerprint density at radius 2 is 2.05 bits per heavy atom. The summed E-state index contributed by atoms with van der Waals surface area (Å²) in [5.41, 5.74) is 7.10. The maximum atomic E-state index is 14.3. The van der Waals surface area contributed by atoms with Crippen molar-refractivity contribution in [2.45, 2.75) is 50.4 Å². The normalized spacial score (nSPS) is 22.5. The fourth-order valence-corrected chi connectivity index (χ4v) is 4.06. The molecule has 0 aromatic heterocycles. The number of thioether (sulfide) groups is 1. The van der Waals surface area contributed by atoms with E-state index in [2.05, 4.69) is 25.7 Å². The number of hydrogen-bond acceptors (Lipinski definition) is 3.